The molecule has 2 heterocycles. The molecule has 8 heteroatoms. The monoisotopic (exact) mass is 403 g/mol. The van der Waals surface area contributed by atoms with Crippen LogP contribution < -0.4 is 5.32 Å². The summed E-state index contributed by atoms with van der Waals surface area (Å²) >= 11 is 0. The van der Waals surface area contributed by atoms with Crippen molar-refractivity contribution in [2.24, 2.45) is 11.8 Å². The van der Waals surface area contributed by atoms with Crippen molar-refractivity contribution in [3.05, 3.63) is 42.5 Å². The predicted molar refractivity (Wildman–Crippen MR) is 104 cm³/mol. The maximum Gasteiger partial charge on any atom is 0.253 e. The number of nitrogens with zero attached hydrogens (tertiary/aromatic N) is 2. The van der Waals surface area contributed by atoms with E-state index in [2.05, 4.69) is 11.9 Å². The summed E-state index contributed by atoms with van der Waals surface area (Å²) in [4.78, 5) is 26.0. The van der Waals surface area contributed by atoms with Crippen molar-refractivity contribution >= 4 is 21.8 Å². The van der Waals surface area contributed by atoms with Crippen molar-refractivity contribution in [3.63, 3.8) is 0 Å². The van der Waals surface area contributed by atoms with E-state index in [9.17, 15) is 18.0 Å². The van der Waals surface area contributed by atoms with E-state index >= 15 is 0 Å². The molecule has 1 aliphatic carbocycles. The number of carbonyl (C=O) groups excluding carboxylic acids is 2. The fraction of sp³-hybridized carbons (Fsp3) is 0.500. The SMILES string of the molecule is C=CC(=O)NC1C2CN(S(=O)(=O)c3ccc(C(=O)N4CCCCC4)cc3)CC21. The Labute approximate surface area is 165 Å². The molecule has 1 aromatic rings. The lowest BCUT2D eigenvalue weighted by molar-refractivity contribution is -0.116. The molecule has 2 aliphatic heterocycles. The summed E-state index contributed by atoms with van der Waals surface area (Å²) in [7, 11) is -3.59. The number of rotatable bonds is 5. The summed E-state index contributed by atoms with van der Waals surface area (Å²) in [5, 5.41) is 2.85. The van der Waals surface area contributed by atoms with Crippen LogP contribution in [0, 0.1) is 11.8 Å². The summed E-state index contributed by atoms with van der Waals surface area (Å²) < 4.78 is 27.3. The van der Waals surface area contributed by atoms with Gasteiger partial charge in [-0.2, -0.15) is 4.31 Å². The van der Waals surface area contributed by atoms with E-state index < -0.39 is 10.0 Å². The molecule has 2 unspecified atom stereocenters. The Morgan fingerprint density at radius 3 is 2.21 bits per heavy atom. The number of carbonyl (C=O) groups is 2. The van der Waals surface area contributed by atoms with Crippen LogP contribution in [0.5, 0.6) is 0 Å². The topological polar surface area (TPSA) is 86.8 Å². The first-order chi connectivity index (χ1) is 13.4. The molecule has 0 radical (unpaired) electrons. The number of amides is 2. The van der Waals surface area contributed by atoms with Gasteiger partial charge < -0.3 is 10.2 Å². The standard InChI is InChI=1S/C20H25N3O4S/c1-2-18(24)21-19-16-12-23(13-17(16)19)28(26,27)15-8-6-14(7-9-15)20(25)22-10-4-3-5-11-22/h2,6-9,16-17,19H,1,3-5,10-13H2,(H,21,24). The van der Waals surface area contributed by atoms with Crippen molar-refractivity contribution < 1.29 is 18.0 Å². The summed E-state index contributed by atoms with van der Waals surface area (Å²) in [5.41, 5.74) is 0.525. The molecule has 28 heavy (non-hydrogen) atoms. The Kier molecular flexibility index (Phi) is 5.01. The number of nitrogens with one attached hydrogen (secondary N) is 1. The molecule has 1 saturated carbocycles. The van der Waals surface area contributed by atoms with Gasteiger partial charge in [0.25, 0.3) is 5.91 Å². The van der Waals surface area contributed by atoms with E-state index in [0.29, 0.717) is 18.7 Å². The zero-order chi connectivity index (χ0) is 19.9. The molecular weight excluding hydrogens is 378 g/mol. The summed E-state index contributed by atoms with van der Waals surface area (Å²) in [6.45, 7) is 5.77. The average Bonchev–Trinajstić information content (AvgIpc) is 3.14. The minimum absolute atomic E-state index is 0.0353. The second kappa shape index (κ2) is 7.33. The average molecular weight is 404 g/mol. The summed E-state index contributed by atoms with van der Waals surface area (Å²) in [6.07, 6.45) is 4.42. The molecular formula is C20H25N3O4S. The predicted octanol–water partition coefficient (Wildman–Crippen LogP) is 1.23. The molecule has 2 amide bonds. The van der Waals surface area contributed by atoms with Crippen LogP contribution in [-0.4, -0.2) is 61.7 Å². The molecule has 150 valence electrons. The lowest BCUT2D eigenvalue weighted by Gasteiger charge is -2.26. The molecule has 2 atom stereocenters. The van der Waals surface area contributed by atoms with Crippen LogP contribution in [0.4, 0.5) is 0 Å². The van der Waals surface area contributed by atoms with E-state index in [0.717, 1.165) is 32.4 Å². The van der Waals surface area contributed by atoms with Gasteiger partial charge in [-0.05, 0) is 61.4 Å². The molecule has 3 fully saturated rings. The van der Waals surface area contributed by atoms with Gasteiger partial charge in [0.2, 0.25) is 15.9 Å². The molecule has 4 rings (SSSR count). The van der Waals surface area contributed by atoms with E-state index in [1.54, 1.807) is 12.1 Å². The molecule has 2 saturated heterocycles. The molecule has 7 nitrogen and oxygen atoms in total. The highest BCUT2D eigenvalue weighted by atomic mass is 32.2. The molecule has 3 aliphatic rings. The van der Waals surface area contributed by atoms with Gasteiger partial charge in [-0.25, -0.2) is 8.42 Å². The number of hydrogen-bond donors (Lipinski definition) is 1. The largest absolute Gasteiger partial charge is 0.349 e. The second-order valence-electron chi connectivity index (χ2n) is 7.77. The van der Waals surface area contributed by atoms with E-state index in [4.69, 9.17) is 0 Å². The van der Waals surface area contributed by atoms with Crippen molar-refractivity contribution in [2.45, 2.75) is 30.2 Å². The van der Waals surface area contributed by atoms with Crippen molar-refractivity contribution in [1.29, 1.82) is 0 Å². The smallest absolute Gasteiger partial charge is 0.253 e. The highest BCUT2D eigenvalue weighted by Gasteiger charge is 2.58. The molecule has 1 aromatic carbocycles. The Morgan fingerprint density at radius 1 is 1.04 bits per heavy atom. The summed E-state index contributed by atoms with van der Waals surface area (Å²) in [5.74, 6) is 0.0758. The Balaban J connectivity index is 1.40. The third-order valence-electron chi connectivity index (χ3n) is 6.04. The van der Waals surface area contributed by atoms with Gasteiger partial charge in [0, 0.05) is 37.8 Å². The highest BCUT2D eigenvalue weighted by molar-refractivity contribution is 7.89. The molecule has 0 bridgehead atoms. The van der Waals surface area contributed by atoms with Gasteiger partial charge >= 0.3 is 0 Å². The zero-order valence-electron chi connectivity index (χ0n) is 15.7. The Morgan fingerprint density at radius 2 is 1.64 bits per heavy atom. The number of sulfonamides is 1. The summed E-state index contributed by atoms with van der Waals surface area (Å²) in [6, 6.07) is 6.30. The van der Waals surface area contributed by atoms with Gasteiger partial charge in [0.15, 0.2) is 0 Å². The van der Waals surface area contributed by atoms with E-state index in [1.807, 2.05) is 4.90 Å². The van der Waals surface area contributed by atoms with Crippen molar-refractivity contribution in [1.82, 2.24) is 14.5 Å². The lowest BCUT2D eigenvalue weighted by atomic mass is 10.1. The number of likely N-dealkylation sites (tertiary alicyclic amines) is 1. The molecule has 1 N–H and O–H groups in total. The molecule has 0 aromatic heterocycles. The van der Waals surface area contributed by atoms with Gasteiger partial charge in [-0.1, -0.05) is 6.58 Å². The normalized spacial score (nSPS) is 27.1. The fourth-order valence-electron chi connectivity index (χ4n) is 4.32. The number of benzene rings is 1. The van der Waals surface area contributed by atoms with Crippen LogP contribution in [0.2, 0.25) is 0 Å². The highest BCUT2D eigenvalue weighted by Crippen LogP contribution is 2.47. The first-order valence-corrected chi connectivity index (χ1v) is 11.2. The minimum Gasteiger partial charge on any atom is -0.349 e. The maximum atomic E-state index is 12.9. The third-order valence-corrected chi connectivity index (χ3v) is 7.88. The zero-order valence-corrected chi connectivity index (χ0v) is 16.5. The minimum atomic E-state index is -3.59. The van der Waals surface area contributed by atoms with Gasteiger partial charge in [-0.15, -0.1) is 0 Å². The van der Waals surface area contributed by atoms with Gasteiger partial charge in [0.1, 0.15) is 0 Å². The van der Waals surface area contributed by atoms with E-state index in [1.165, 1.54) is 22.5 Å². The van der Waals surface area contributed by atoms with Crippen LogP contribution in [0.3, 0.4) is 0 Å². The van der Waals surface area contributed by atoms with Gasteiger partial charge in [-0.3, -0.25) is 9.59 Å². The van der Waals surface area contributed by atoms with Crippen molar-refractivity contribution in [3.8, 4) is 0 Å². The number of hydrogen-bond acceptors (Lipinski definition) is 4. The lowest BCUT2D eigenvalue weighted by Crippen LogP contribution is -2.37. The first kappa shape index (κ1) is 19.1. The van der Waals surface area contributed by atoms with Crippen molar-refractivity contribution in [2.75, 3.05) is 26.2 Å². The van der Waals surface area contributed by atoms with Crippen LogP contribution >= 0.6 is 0 Å². The molecule has 0 spiro atoms. The fourth-order valence-corrected chi connectivity index (χ4v) is 5.83. The third kappa shape index (κ3) is 3.46. The second-order valence-corrected chi connectivity index (χ2v) is 9.70. The first-order valence-electron chi connectivity index (χ1n) is 9.74. The van der Waals surface area contributed by atoms with Crippen LogP contribution in [-0.2, 0) is 14.8 Å². The number of piperidine rings is 2. The Hall–Kier alpha value is -2.19. The van der Waals surface area contributed by atoms with Crippen LogP contribution in [0.15, 0.2) is 41.8 Å². The number of fused-ring (bicyclic) bond motifs is 1. The maximum absolute atomic E-state index is 12.9. The van der Waals surface area contributed by atoms with E-state index in [-0.39, 0.29) is 34.6 Å². The van der Waals surface area contributed by atoms with Crippen LogP contribution in [0.1, 0.15) is 29.6 Å². The van der Waals surface area contributed by atoms with Crippen LogP contribution in [0.25, 0.3) is 0 Å². The Bertz CT molecular complexity index is 879. The quantitative estimate of drug-likeness (QED) is 0.750. The van der Waals surface area contributed by atoms with Gasteiger partial charge in [0.05, 0.1) is 4.90 Å².